The SMILES string of the molecule is CCCCOC(=O)CC(=O)CCCO. The number of rotatable bonds is 8. The first-order chi connectivity index (χ1) is 6.70. The van der Waals surface area contributed by atoms with E-state index in [2.05, 4.69) is 0 Å². The minimum atomic E-state index is -0.457. The van der Waals surface area contributed by atoms with Crippen LogP contribution in [-0.2, 0) is 14.3 Å². The van der Waals surface area contributed by atoms with Crippen LogP contribution in [0.1, 0.15) is 39.0 Å². The zero-order chi connectivity index (χ0) is 10.8. The number of ether oxygens (including phenoxy) is 1. The van der Waals surface area contributed by atoms with Gasteiger partial charge in [-0.2, -0.15) is 0 Å². The standard InChI is InChI=1S/C10H18O4/c1-2-3-7-14-10(13)8-9(12)5-4-6-11/h11H,2-8H2,1H3. The zero-order valence-electron chi connectivity index (χ0n) is 8.62. The number of Topliss-reactive ketones (excluding diaryl/α,β-unsaturated/α-hetero) is 1. The molecule has 0 unspecified atom stereocenters. The summed E-state index contributed by atoms with van der Waals surface area (Å²) in [6.07, 6.45) is 2.30. The smallest absolute Gasteiger partial charge is 0.313 e. The normalized spacial score (nSPS) is 9.86. The zero-order valence-corrected chi connectivity index (χ0v) is 8.62. The molecule has 0 saturated carbocycles. The van der Waals surface area contributed by atoms with Gasteiger partial charge in [-0.1, -0.05) is 13.3 Å². The van der Waals surface area contributed by atoms with E-state index >= 15 is 0 Å². The van der Waals surface area contributed by atoms with Crippen molar-refractivity contribution >= 4 is 11.8 Å². The molecule has 0 fully saturated rings. The molecule has 1 N–H and O–H groups in total. The number of esters is 1. The van der Waals surface area contributed by atoms with Gasteiger partial charge in [0.15, 0.2) is 0 Å². The van der Waals surface area contributed by atoms with E-state index in [-0.39, 0.29) is 25.2 Å². The second-order valence-corrected chi connectivity index (χ2v) is 3.12. The predicted octanol–water partition coefficient (Wildman–Crippen LogP) is 1.06. The lowest BCUT2D eigenvalue weighted by Gasteiger charge is -2.02. The molecule has 0 aromatic heterocycles. The molecule has 0 amide bonds. The maximum atomic E-state index is 11.0. The molecule has 4 nitrogen and oxygen atoms in total. The van der Waals surface area contributed by atoms with Gasteiger partial charge in [0, 0.05) is 13.0 Å². The number of ketones is 1. The molecule has 82 valence electrons. The minimum Gasteiger partial charge on any atom is -0.465 e. The second kappa shape index (κ2) is 8.69. The summed E-state index contributed by atoms with van der Waals surface area (Å²) in [5.41, 5.74) is 0. The van der Waals surface area contributed by atoms with Crippen molar-refractivity contribution in [2.24, 2.45) is 0 Å². The Labute approximate surface area is 84.3 Å². The lowest BCUT2D eigenvalue weighted by Crippen LogP contribution is -2.12. The van der Waals surface area contributed by atoms with Gasteiger partial charge in [-0.3, -0.25) is 9.59 Å². The van der Waals surface area contributed by atoms with Crippen LogP contribution in [0, 0.1) is 0 Å². The molecule has 0 aliphatic heterocycles. The van der Waals surface area contributed by atoms with E-state index in [0.717, 1.165) is 12.8 Å². The Morgan fingerprint density at radius 3 is 2.57 bits per heavy atom. The third-order valence-corrected chi connectivity index (χ3v) is 1.72. The maximum Gasteiger partial charge on any atom is 0.313 e. The first kappa shape index (κ1) is 13.1. The molecular weight excluding hydrogens is 184 g/mol. The molecule has 0 aliphatic carbocycles. The van der Waals surface area contributed by atoms with Gasteiger partial charge < -0.3 is 9.84 Å². The largest absolute Gasteiger partial charge is 0.465 e. The van der Waals surface area contributed by atoms with Crippen LogP contribution in [0.15, 0.2) is 0 Å². The average molecular weight is 202 g/mol. The fourth-order valence-electron chi connectivity index (χ4n) is 0.907. The van der Waals surface area contributed by atoms with Crippen molar-refractivity contribution in [3.05, 3.63) is 0 Å². The van der Waals surface area contributed by atoms with Gasteiger partial charge in [0.2, 0.25) is 0 Å². The lowest BCUT2D eigenvalue weighted by molar-refractivity contribution is -0.146. The Bertz CT molecular complexity index is 177. The van der Waals surface area contributed by atoms with E-state index in [9.17, 15) is 9.59 Å². The highest BCUT2D eigenvalue weighted by Crippen LogP contribution is 1.97. The molecule has 0 heterocycles. The van der Waals surface area contributed by atoms with E-state index < -0.39 is 5.97 Å². The molecular formula is C10H18O4. The summed E-state index contributed by atoms with van der Waals surface area (Å²) in [6.45, 7) is 2.37. The van der Waals surface area contributed by atoms with Crippen LogP contribution >= 0.6 is 0 Å². The number of carbonyl (C=O) groups is 2. The Balaban J connectivity index is 3.45. The van der Waals surface area contributed by atoms with E-state index in [4.69, 9.17) is 9.84 Å². The number of hydrogen-bond donors (Lipinski definition) is 1. The number of aliphatic hydroxyl groups is 1. The molecule has 0 aliphatic rings. The molecule has 4 heteroatoms. The number of hydrogen-bond acceptors (Lipinski definition) is 4. The number of aliphatic hydroxyl groups excluding tert-OH is 1. The highest BCUT2D eigenvalue weighted by atomic mass is 16.5. The van der Waals surface area contributed by atoms with E-state index in [1.165, 1.54) is 0 Å². The summed E-state index contributed by atoms with van der Waals surface area (Å²) in [4.78, 5) is 22.0. The number of carbonyl (C=O) groups excluding carboxylic acids is 2. The Morgan fingerprint density at radius 2 is 2.00 bits per heavy atom. The minimum absolute atomic E-state index is 0.0172. The second-order valence-electron chi connectivity index (χ2n) is 3.12. The van der Waals surface area contributed by atoms with Gasteiger partial charge in [0.05, 0.1) is 6.61 Å². The summed E-state index contributed by atoms with van der Waals surface area (Å²) in [6, 6.07) is 0. The van der Waals surface area contributed by atoms with Crippen molar-refractivity contribution in [3.63, 3.8) is 0 Å². The molecule has 0 saturated heterocycles. The molecule has 0 spiro atoms. The van der Waals surface area contributed by atoms with Crippen LogP contribution in [0.3, 0.4) is 0 Å². The monoisotopic (exact) mass is 202 g/mol. The van der Waals surface area contributed by atoms with Crippen LogP contribution in [0.2, 0.25) is 0 Å². The molecule has 0 bridgehead atoms. The van der Waals surface area contributed by atoms with Gasteiger partial charge in [0.25, 0.3) is 0 Å². The van der Waals surface area contributed by atoms with Gasteiger partial charge in [0.1, 0.15) is 12.2 Å². The Kier molecular flexibility index (Phi) is 8.13. The van der Waals surface area contributed by atoms with E-state index in [1.54, 1.807) is 0 Å². The topological polar surface area (TPSA) is 63.6 Å². The molecule has 0 rings (SSSR count). The highest BCUT2D eigenvalue weighted by Gasteiger charge is 2.09. The summed E-state index contributed by atoms with van der Waals surface area (Å²) in [5, 5.41) is 8.45. The van der Waals surface area contributed by atoms with Crippen LogP contribution in [0.4, 0.5) is 0 Å². The summed E-state index contributed by atoms with van der Waals surface area (Å²) in [5.74, 6) is -0.623. The van der Waals surface area contributed by atoms with Crippen molar-refractivity contribution in [1.82, 2.24) is 0 Å². The fraction of sp³-hybridized carbons (Fsp3) is 0.800. The Hall–Kier alpha value is -0.900. The number of unbranched alkanes of at least 4 members (excludes halogenated alkanes) is 1. The molecule has 0 aromatic rings. The van der Waals surface area contributed by atoms with Gasteiger partial charge in [-0.15, -0.1) is 0 Å². The van der Waals surface area contributed by atoms with Crippen molar-refractivity contribution in [2.75, 3.05) is 13.2 Å². The lowest BCUT2D eigenvalue weighted by atomic mass is 10.2. The first-order valence-corrected chi connectivity index (χ1v) is 4.99. The van der Waals surface area contributed by atoms with Crippen LogP contribution in [0.5, 0.6) is 0 Å². The molecule has 0 atom stereocenters. The fourth-order valence-corrected chi connectivity index (χ4v) is 0.907. The predicted molar refractivity (Wildman–Crippen MR) is 51.8 cm³/mol. The van der Waals surface area contributed by atoms with Gasteiger partial charge >= 0.3 is 5.97 Å². The summed E-state index contributed by atoms with van der Waals surface area (Å²) in [7, 11) is 0. The summed E-state index contributed by atoms with van der Waals surface area (Å²) < 4.78 is 4.81. The third-order valence-electron chi connectivity index (χ3n) is 1.72. The quantitative estimate of drug-likeness (QED) is 0.363. The average Bonchev–Trinajstić information content (AvgIpc) is 2.15. The van der Waals surface area contributed by atoms with Crippen LogP contribution in [-0.4, -0.2) is 30.1 Å². The van der Waals surface area contributed by atoms with Crippen molar-refractivity contribution in [1.29, 1.82) is 0 Å². The van der Waals surface area contributed by atoms with Crippen LogP contribution in [0.25, 0.3) is 0 Å². The van der Waals surface area contributed by atoms with Crippen LogP contribution < -0.4 is 0 Å². The van der Waals surface area contributed by atoms with E-state index in [0.29, 0.717) is 13.0 Å². The first-order valence-electron chi connectivity index (χ1n) is 4.99. The third kappa shape index (κ3) is 7.73. The highest BCUT2D eigenvalue weighted by molar-refractivity contribution is 5.95. The maximum absolute atomic E-state index is 11.0. The van der Waals surface area contributed by atoms with E-state index in [1.807, 2.05) is 6.92 Å². The van der Waals surface area contributed by atoms with Crippen molar-refractivity contribution < 1.29 is 19.4 Å². The molecule has 0 aromatic carbocycles. The summed E-state index contributed by atoms with van der Waals surface area (Å²) >= 11 is 0. The Morgan fingerprint density at radius 1 is 1.29 bits per heavy atom. The van der Waals surface area contributed by atoms with Gasteiger partial charge in [-0.25, -0.2) is 0 Å². The van der Waals surface area contributed by atoms with Crippen molar-refractivity contribution in [3.8, 4) is 0 Å². The van der Waals surface area contributed by atoms with Crippen molar-refractivity contribution in [2.45, 2.75) is 39.0 Å². The molecule has 0 radical (unpaired) electrons. The van der Waals surface area contributed by atoms with Gasteiger partial charge in [-0.05, 0) is 12.8 Å². The molecule has 14 heavy (non-hydrogen) atoms.